The van der Waals surface area contributed by atoms with Crippen LogP contribution in [0.1, 0.15) is 35.2 Å². The molecule has 1 aromatic carbocycles. The highest BCUT2D eigenvalue weighted by Gasteiger charge is 2.30. The van der Waals surface area contributed by atoms with Crippen molar-refractivity contribution < 1.29 is 13.2 Å². The molecule has 0 spiro atoms. The fraction of sp³-hybridized carbons (Fsp3) is 0.429. The fourth-order valence-electron chi connectivity index (χ4n) is 3.56. The number of alkyl halides is 3. The van der Waals surface area contributed by atoms with Crippen molar-refractivity contribution in [3.05, 3.63) is 65.0 Å². The van der Waals surface area contributed by atoms with Crippen LogP contribution in [0, 0.1) is 12.8 Å². The summed E-state index contributed by atoms with van der Waals surface area (Å²) in [7, 11) is 0. The molecule has 2 aromatic rings. The number of halogens is 3. The quantitative estimate of drug-likeness (QED) is 0.663. The summed E-state index contributed by atoms with van der Waals surface area (Å²) in [5.74, 6) is 0.393. The molecule has 0 atom stereocenters. The average molecular weight is 392 g/mol. The van der Waals surface area contributed by atoms with E-state index < -0.39 is 11.7 Å². The highest BCUT2D eigenvalue weighted by atomic mass is 32.1. The van der Waals surface area contributed by atoms with Gasteiger partial charge in [-0.15, -0.1) is 0 Å². The Bertz CT molecular complexity index is 796. The molecule has 0 bridgehead atoms. The molecule has 144 valence electrons. The topological polar surface area (TPSA) is 16.1 Å². The van der Waals surface area contributed by atoms with Gasteiger partial charge >= 0.3 is 6.18 Å². The summed E-state index contributed by atoms with van der Waals surface area (Å²) in [4.78, 5) is 7.47. The first-order chi connectivity index (χ1) is 12.8. The maximum absolute atomic E-state index is 12.9. The Morgan fingerprint density at radius 3 is 2.59 bits per heavy atom. The van der Waals surface area contributed by atoms with Crippen LogP contribution in [-0.2, 0) is 19.0 Å². The Labute approximate surface area is 163 Å². The number of piperidine rings is 1. The molecular weight excluding hydrogens is 369 g/mol. The van der Waals surface area contributed by atoms with Gasteiger partial charge in [-0.1, -0.05) is 30.4 Å². The third-order valence-corrected chi connectivity index (χ3v) is 5.45. The Morgan fingerprint density at radius 1 is 1.19 bits per heavy atom. The minimum atomic E-state index is -4.28. The first-order valence-corrected chi connectivity index (χ1v) is 9.57. The maximum Gasteiger partial charge on any atom is 0.416 e. The van der Waals surface area contributed by atoms with E-state index in [1.165, 1.54) is 17.7 Å². The highest BCUT2D eigenvalue weighted by Crippen LogP contribution is 2.31. The molecule has 2 nitrogen and oxygen atoms in total. The van der Waals surface area contributed by atoms with Crippen molar-refractivity contribution >= 4 is 17.2 Å². The third-order valence-electron chi connectivity index (χ3n) is 5.05. The molecule has 0 amide bonds. The molecule has 1 aliphatic heterocycles. The number of pyridine rings is 1. The summed E-state index contributed by atoms with van der Waals surface area (Å²) >= 11 is 5.59. The first-order valence-electron chi connectivity index (χ1n) is 9.17. The van der Waals surface area contributed by atoms with Gasteiger partial charge in [0.1, 0.15) is 0 Å². The molecular formula is C21H23F3N2S. The van der Waals surface area contributed by atoms with E-state index in [1.807, 2.05) is 19.1 Å². The summed E-state index contributed by atoms with van der Waals surface area (Å²) in [6.07, 6.45) is 0.749. The lowest BCUT2D eigenvalue weighted by atomic mass is 9.89. The lowest BCUT2D eigenvalue weighted by molar-refractivity contribution is -0.137. The zero-order valence-corrected chi connectivity index (χ0v) is 16.1. The van der Waals surface area contributed by atoms with Gasteiger partial charge < -0.3 is 4.90 Å². The van der Waals surface area contributed by atoms with Crippen molar-refractivity contribution in [1.29, 1.82) is 0 Å². The van der Waals surface area contributed by atoms with Crippen LogP contribution < -0.4 is 0 Å². The summed E-state index contributed by atoms with van der Waals surface area (Å²) in [5.41, 5.74) is 2.34. The van der Waals surface area contributed by atoms with E-state index in [9.17, 15) is 13.2 Å². The monoisotopic (exact) mass is 392 g/mol. The molecule has 6 heteroatoms. The van der Waals surface area contributed by atoms with Crippen molar-refractivity contribution in [3.8, 4) is 0 Å². The summed E-state index contributed by atoms with van der Waals surface area (Å²) in [6.45, 7) is 3.75. The molecule has 0 N–H and O–H groups in total. The second-order valence-electron chi connectivity index (χ2n) is 7.23. The number of thiocarbonyl (C=S) groups is 1. The Morgan fingerprint density at radius 2 is 1.93 bits per heavy atom. The number of rotatable bonds is 4. The van der Waals surface area contributed by atoms with E-state index in [-0.39, 0.29) is 0 Å². The average Bonchev–Trinajstić information content (AvgIpc) is 2.62. The van der Waals surface area contributed by atoms with Gasteiger partial charge in [0.2, 0.25) is 0 Å². The minimum Gasteiger partial charge on any atom is -0.366 e. The van der Waals surface area contributed by atoms with E-state index in [4.69, 9.17) is 12.2 Å². The van der Waals surface area contributed by atoms with E-state index in [0.29, 0.717) is 18.8 Å². The maximum atomic E-state index is 12.9. The van der Waals surface area contributed by atoms with Crippen molar-refractivity contribution in [3.63, 3.8) is 0 Å². The predicted molar refractivity (Wildman–Crippen MR) is 105 cm³/mol. The number of benzene rings is 1. The number of likely N-dealkylation sites (tertiary alicyclic amines) is 1. The molecule has 27 heavy (non-hydrogen) atoms. The lowest BCUT2D eigenvalue weighted by Gasteiger charge is -2.34. The normalized spacial score (nSPS) is 15.8. The molecule has 0 unspecified atom stereocenters. The summed E-state index contributed by atoms with van der Waals surface area (Å²) in [5, 5.41) is 0. The summed E-state index contributed by atoms with van der Waals surface area (Å²) in [6, 6.07) is 9.70. The van der Waals surface area contributed by atoms with Crippen LogP contribution in [0.25, 0.3) is 0 Å². The number of hydrogen-bond donors (Lipinski definition) is 0. The molecule has 1 saturated heterocycles. The van der Waals surface area contributed by atoms with Crippen LogP contribution in [-0.4, -0.2) is 28.0 Å². The molecule has 1 aliphatic rings. The molecule has 3 rings (SSSR count). The van der Waals surface area contributed by atoms with Crippen LogP contribution in [0.5, 0.6) is 0 Å². The van der Waals surface area contributed by atoms with Crippen molar-refractivity contribution in [2.75, 3.05) is 13.1 Å². The number of aryl methyl sites for hydroxylation is 1. The van der Waals surface area contributed by atoms with Crippen LogP contribution >= 0.6 is 12.2 Å². The number of hydrogen-bond acceptors (Lipinski definition) is 2. The highest BCUT2D eigenvalue weighted by molar-refractivity contribution is 7.80. The van der Waals surface area contributed by atoms with Crippen LogP contribution in [0.4, 0.5) is 13.2 Å². The summed E-state index contributed by atoms with van der Waals surface area (Å²) < 4.78 is 38.6. The standard InChI is InChI=1S/C21H23F3N2S/c1-15-5-8-25-19(11-15)14-20(27)26-9-6-16(7-10-26)12-17-3-2-4-18(13-17)21(22,23)24/h2-5,8,11,13,16H,6-7,9-10,12,14H2,1H3. The number of aromatic nitrogens is 1. The Balaban J connectivity index is 1.52. The minimum absolute atomic E-state index is 0.393. The van der Waals surface area contributed by atoms with Gasteiger partial charge in [-0.3, -0.25) is 4.98 Å². The van der Waals surface area contributed by atoms with Crippen molar-refractivity contribution in [2.24, 2.45) is 5.92 Å². The Hall–Kier alpha value is -1.95. The molecule has 1 aromatic heterocycles. The van der Waals surface area contributed by atoms with Gasteiger partial charge in [-0.25, -0.2) is 0 Å². The van der Waals surface area contributed by atoms with Crippen LogP contribution in [0.3, 0.4) is 0 Å². The van der Waals surface area contributed by atoms with Crippen molar-refractivity contribution in [1.82, 2.24) is 9.88 Å². The van der Waals surface area contributed by atoms with E-state index in [2.05, 4.69) is 9.88 Å². The van der Waals surface area contributed by atoms with Crippen LogP contribution in [0.2, 0.25) is 0 Å². The first kappa shape index (κ1) is 19.8. The lowest BCUT2D eigenvalue weighted by Crippen LogP contribution is -2.38. The number of nitrogens with zero attached hydrogens (tertiary/aromatic N) is 2. The van der Waals surface area contributed by atoms with Gasteiger partial charge in [-0.2, -0.15) is 13.2 Å². The van der Waals surface area contributed by atoms with Crippen LogP contribution in [0.15, 0.2) is 42.6 Å². The zero-order valence-electron chi connectivity index (χ0n) is 15.3. The van der Waals surface area contributed by atoms with Gasteiger partial charge in [-0.05, 0) is 61.4 Å². The van der Waals surface area contributed by atoms with Gasteiger partial charge in [0.05, 0.1) is 10.6 Å². The SMILES string of the molecule is Cc1ccnc(CC(=S)N2CCC(Cc3cccc(C(F)(F)F)c3)CC2)c1. The zero-order chi connectivity index (χ0) is 19.4. The smallest absolute Gasteiger partial charge is 0.366 e. The van der Waals surface area contributed by atoms with Gasteiger partial charge in [0, 0.05) is 31.4 Å². The van der Waals surface area contributed by atoms with E-state index in [1.54, 1.807) is 12.3 Å². The second-order valence-corrected chi connectivity index (χ2v) is 7.70. The largest absolute Gasteiger partial charge is 0.416 e. The van der Waals surface area contributed by atoms with E-state index in [0.717, 1.165) is 48.2 Å². The third kappa shape index (κ3) is 5.51. The fourth-order valence-corrected chi connectivity index (χ4v) is 3.89. The van der Waals surface area contributed by atoms with Gasteiger partial charge in [0.25, 0.3) is 0 Å². The molecule has 2 heterocycles. The van der Waals surface area contributed by atoms with E-state index >= 15 is 0 Å². The van der Waals surface area contributed by atoms with Crippen molar-refractivity contribution in [2.45, 2.75) is 38.8 Å². The predicted octanol–water partition coefficient (Wildman–Crippen LogP) is 5.23. The Kier molecular flexibility index (Phi) is 6.15. The molecule has 0 radical (unpaired) electrons. The second kappa shape index (κ2) is 8.38. The molecule has 1 fully saturated rings. The molecule has 0 aliphatic carbocycles. The van der Waals surface area contributed by atoms with Gasteiger partial charge in [0.15, 0.2) is 0 Å². The molecule has 0 saturated carbocycles.